The minimum absolute atomic E-state index is 0.0464. The van der Waals surface area contributed by atoms with E-state index in [2.05, 4.69) is 28.1 Å². The van der Waals surface area contributed by atoms with Crippen molar-refractivity contribution in [3.63, 3.8) is 0 Å². The number of aryl methyl sites for hydroxylation is 1. The molecule has 41 heavy (non-hydrogen) atoms. The van der Waals surface area contributed by atoms with Crippen LogP contribution in [0.15, 0.2) is 53.7 Å². The van der Waals surface area contributed by atoms with E-state index in [9.17, 15) is 14.9 Å². The molecule has 5 rings (SSSR count). The summed E-state index contributed by atoms with van der Waals surface area (Å²) in [6, 6.07) is 13.4. The number of nitriles is 1. The van der Waals surface area contributed by atoms with Gasteiger partial charge in [0.05, 0.1) is 35.7 Å². The van der Waals surface area contributed by atoms with Crippen LogP contribution in [0.1, 0.15) is 74.4 Å². The van der Waals surface area contributed by atoms with Crippen LogP contribution in [0.5, 0.6) is 0 Å². The molecule has 0 amide bonds. The zero-order chi connectivity index (χ0) is 28.8. The van der Waals surface area contributed by atoms with Crippen LogP contribution in [0, 0.1) is 11.3 Å². The van der Waals surface area contributed by atoms with Crippen LogP contribution in [0.3, 0.4) is 0 Å². The normalized spacial score (nSPS) is 16.9. The van der Waals surface area contributed by atoms with Crippen LogP contribution < -0.4 is 5.56 Å². The SMILES string of the molecule is CCCc1c(Cc2ccc(-c3ccccc3C#N)nc2)c(=O)n(C2CCC(OCC(=O)OCC)CC2)c2ncnn12. The largest absolute Gasteiger partial charge is 0.464 e. The summed E-state index contributed by atoms with van der Waals surface area (Å²) in [4.78, 5) is 35.0. The van der Waals surface area contributed by atoms with Gasteiger partial charge in [-0.25, -0.2) is 9.31 Å². The van der Waals surface area contributed by atoms with E-state index in [1.54, 1.807) is 23.8 Å². The van der Waals surface area contributed by atoms with Crippen molar-refractivity contribution in [2.45, 2.75) is 70.9 Å². The number of rotatable bonds is 10. The third-order valence-corrected chi connectivity index (χ3v) is 7.59. The summed E-state index contributed by atoms with van der Waals surface area (Å²) in [6.45, 7) is 4.13. The van der Waals surface area contributed by atoms with E-state index < -0.39 is 0 Å². The van der Waals surface area contributed by atoms with E-state index in [0.717, 1.165) is 48.9 Å². The van der Waals surface area contributed by atoms with E-state index in [1.807, 2.05) is 34.8 Å². The number of carbonyl (C=O) groups is 1. The van der Waals surface area contributed by atoms with Crippen LogP contribution >= 0.6 is 0 Å². The van der Waals surface area contributed by atoms with Gasteiger partial charge in [-0.15, -0.1) is 0 Å². The Morgan fingerprint density at radius 3 is 2.61 bits per heavy atom. The van der Waals surface area contributed by atoms with Gasteiger partial charge < -0.3 is 9.47 Å². The first-order valence-corrected chi connectivity index (χ1v) is 14.2. The molecular weight excluding hydrogens is 520 g/mol. The molecule has 1 aliphatic rings. The summed E-state index contributed by atoms with van der Waals surface area (Å²) >= 11 is 0. The van der Waals surface area contributed by atoms with Crippen molar-refractivity contribution in [3.8, 4) is 17.3 Å². The van der Waals surface area contributed by atoms with Gasteiger partial charge in [0.25, 0.3) is 5.56 Å². The van der Waals surface area contributed by atoms with Gasteiger partial charge in [0.15, 0.2) is 0 Å². The fraction of sp³-hybridized carbons (Fsp3) is 0.419. The number of ether oxygens (including phenoxy) is 2. The van der Waals surface area contributed by atoms with Crippen LogP contribution in [-0.4, -0.2) is 49.4 Å². The topological polar surface area (TPSA) is 124 Å². The smallest absolute Gasteiger partial charge is 0.332 e. The molecule has 1 aromatic carbocycles. The lowest BCUT2D eigenvalue weighted by Crippen LogP contribution is -2.35. The van der Waals surface area contributed by atoms with Gasteiger partial charge in [0.1, 0.15) is 12.9 Å². The zero-order valence-corrected chi connectivity index (χ0v) is 23.5. The third-order valence-electron chi connectivity index (χ3n) is 7.59. The molecule has 10 nitrogen and oxygen atoms in total. The highest BCUT2D eigenvalue weighted by Crippen LogP contribution is 2.31. The van der Waals surface area contributed by atoms with Crippen LogP contribution in [0.2, 0.25) is 0 Å². The lowest BCUT2D eigenvalue weighted by Gasteiger charge is -2.30. The second-order valence-electron chi connectivity index (χ2n) is 10.3. The third kappa shape index (κ3) is 6.05. The maximum absolute atomic E-state index is 14.2. The quantitative estimate of drug-likeness (QED) is 0.264. The number of benzene rings is 1. The Hall–Kier alpha value is -4.36. The van der Waals surface area contributed by atoms with Gasteiger partial charge in [-0.3, -0.25) is 14.3 Å². The number of aromatic nitrogens is 5. The first-order valence-electron chi connectivity index (χ1n) is 14.2. The van der Waals surface area contributed by atoms with Crippen molar-refractivity contribution in [2.24, 2.45) is 0 Å². The lowest BCUT2D eigenvalue weighted by atomic mass is 9.92. The van der Waals surface area contributed by atoms with Crippen LogP contribution in [-0.2, 0) is 27.1 Å². The fourth-order valence-electron chi connectivity index (χ4n) is 5.63. The zero-order valence-electron chi connectivity index (χ0n) is 23.5. The van der Waals surface area contributed by atoms with E-state index in [4.69, 9.17) is 9.47 Å². The average Bonchev–Trinajstić information content (AvgIpc) is 3.48. The predicted octanol–water partition coefficient (Wildman–Crippen LogP) is 4.43. The Balaban J connectivity index is 1.42. The Morgan fingerprint density at radius 1 is 1.10 bits per heavy atom. The highest BCUT2D eigenvalue weighted by molar-refractivity contribution is 5.70. The molecule has 1 saturated carbocycles. The van der Waals surface area contributed by atoms with Crippen molar-refractivity contribution >= 4 is 11.7 Å². The van der Waals surface area contributed by atoms with Gasteiger partial charge in [-0.2, -0.15) is 15.3 Å². The van der Waals surface area contributed by atoms with E-state index in [1.165, 1.54) is 6.33 Å². The molecule has 0 spiro atoms. The first-order chi connectivity index (χ1) is 20.0. The number of pyridine rings is 1. The Bertz CT molecular complexity index is 1610. The molecule has 1 aliphatic carbocycles. The molecule has 3 aromatic heterocycles. The molecule has 0 N–H and O–H groups in total. The van der Waals surface area contributed by atoms with Crippen molar-refractivity contribution in [1.82, 2.24) is 24.1 Å². The van der Waals surface area contributed by atoms with Crippen molar-refractivity contribution in [3.05, 3.63) is 81.7 Å². The minimum Gasteiger partial charge on any atom is -0.464 e. The molecule has 0 bridgehead atoms. The summed E-state index contributed by atoms with van der Waals surface area (Å²) < 4.78 is 14.4. The van der Waals surface area contributed by atoms with E-state index in [0.29, 0.717) is 42.0 Å². The lowest BCUT2D eigenvalue weighted by molar-refractivity contribution is -0.151. The molecule has 0 radical (unpaired) electrons. The molecule has 1 fully saturated rings. The van der Waals surface area contributed by atoms with Gasteiger partial charge in [-0.1, -0.05) is 37.6 Å². The standard InChI is InChI=1S/C31H34N6O4/c1-3-7-28-26(16-21-10-15-27(33-18-21)25-9-6-5-8-22(25)17-32)30(39)36(31-34-20-35-37(28)31)23-11-13-24(14-12-23)41-19-29(38)40-4-2/h5-6,8-10,15,18,20,23-24H,3-4,7,11-14,16,19H2,1-2H3. The average molecular weight is 555 g/mol. The Morgan fingerprint density at radius 2 is 1.90 bits per heavy atom. The molecule has 212 valence electrons. The number of nitrogens with zero attached hydrogens (tertiary/aromatic N) is 6. The highest BCUT2D eigenvalue weighted by Gasteiger charge is 2.28. The maximum Gasteiger partial charge on any atom is 0.332 e. The molecule has 4 aromatic rings. The molecule has 0 atom stereocenters. The summed E-state index contributed by atoms with van der Waals surface area (Å²) in [7, 11) is 0. The first kappa shape index (κ1) is 28.2. The van der Waals surface area contributed by atoms with Crippen LogP contribution in [0.25, 0.3) is 17.0 Å². The van der Waals surface area contributed by atoms with E-state index >= 15 is 0 Å². The molecule has 0 saturated heterocycles. The monoisotopic (exact) mass is 554 g/mol. The Labute approximate surface area is 238 Å². The molecule has 10 heteroatoms. The molecule has 0 unspecified atom stereocenters. The number of hydrogen-bond acceptors (Lipinski definition) is 8. The maximum atomic E-state index is 14.2. The van der Waals surface area contributed by atoms with Crippen LogP contribution in [0.4, 0.5) is 0 Å². The Kier molecular flexibility index (Phi) is 8.85. The summed E-state index contributed by atoms with van der Waals surface area (Å²) in [5, 5.41) is 14.0. The van der Waals surface area contributed by atoms with Crippen molar-refractivity contribution in [2.75, 3.05) is 13.2 Å². The molecule has 3 heterocycles. The van der Waals surface area contributed by atoms with Gasteiger partial charge in [-0.05, 0) is 56.7 Å². The highest BCUT2D eigenvalue weighted by atomic mass is 16.6. The van der Waals surface area contributed by atoms with Crippen molar-refractivity contribution < 1.29 is 14.3 Å². The van der Waals surface area contributed by atoms with Gasteiger partial charge in [0.2, 0.25) is 5.78 Å². The predicted molar refractivity (Wildman–Crippen MR) is 152 cm³/mol. The summed E-state index contributed by atoms with van der Waals surface area (Å²) in [5.41, 5.74) is 4.47. The summed E-state index contributed by atoms with van der Waals surface area (Å²) in [6.07, 6.45) is 8.14. The number of esters is 1. The number of carbonyl (C=O) groups excluding carboxylic acids is 1. The number of fused-ring (bicyclic) bond motifs is 1. The number of hydrogen-bond donors (Lipinski definition) is 0. The second kappa shape index (κ2) is 12.9. The van der Waals surface area contributed by atoms with Crippen molar-refractivity contribution in [1.29, 1.82) is 5.26 Å². The fourth-order valence-corrected chi connectivity index (χ4v) is 5.63. The summed E-state index contributed by atoms with van der Waals surface area (Å²) in [5.74, 6) is 0.198. The molecule has 0 aliphatic heterocycles. The van der Waals surface area contributed by atoms with Gasteiger partial charge in [0, 0.05) is 29.8 Å². The van der Waals surface area contributed by atoms with E-state index in [-0.39, 0.29) is 30.3 Å². The molecular formula is C31H34N6O4. The minimum atomic E-state index is -0.357. The van der Waals surface area contributed by atoms with Gasteiger partial charge >= 0.3 is 5.97 Å². The second-order valence-corrected chi connectivity index (χ2v) is 10.3.